The topological polar surface area (TPSA) is 47.0 Å². The summed E-state index contributed by atoms with van der Waals surface area (Å²) in [7, 11) is 1.00. The second kappa shape index (κ2) is 4.23. The molecule has 0 spiro atoms. The number of pyridine rings is 1. The minimum Gasteiger partial charge on any atom is -0.263 e. The molecule has 14 heavy (non-hydrogen) atoms. The predicted molar refractivity (Wildman–Crippen MR) is 54.9 cm³/mol. The van der Waals surface area contributed by atoms with Crippen molar-refractivity contribution >= 4 is 42.3 Å². The summed E-state index contributed by atoms with van der Waals surface area (Å²) >= 11 is 1.50. The Morgan fingerprint density at radius 2 is 2.00 bits per heavy atom. The van der Waals surface area contributed by atoms with Gasteiger partial charge in [-0.25, -0.2) is 17.2 Å². The lowest BCUT2D eigenvalue weighted by atomic mass is 10.3. The fraction of sp³-hybridized carbons (Fsp3) is 0.167. The number of nitrogens with zero attached hydrogens (tertiary/aromatic N) is 1. The van der Waals surface area contributed by atoms with Crippen LogP contribution >= 0.6 is 33.3 Å². The van der Waals surface area contributed by atoms with Gasteiger partial charge in [0.1, 0.15) is 4.90 Å². The number of rotatable bonds is 2. The Balaban J connectivity index is 3.43. The van der Waals surface area contributed by atoms with Gasteiger partial charge in [0.05, 0.1) is 5.56 Å². The van der Waals surface area contributed by atoms with E-state index in [0.717, 1.165) is 12.4 Å². The average Bonchev–Trinajstić information content (AvgIpc) is 2.01. The van der Waals surface area contributed by atoms with Gasteiger partial charge in [-0.3, -0.25) is 4.98 Å². The van der Waals surface area contributed by atoms with Gasteiger partial charge in [0.25, 0.3) is 15.5 Å². The maximum absolute atomic E-state index is 12.3. The van der Waals surface area contributed by atoms with Crippen LogP contribution in [0.3, 0.4) is 0 Å². The molecule has 0 aromatic carbocycles. The number of hydrogen-bond donors (Lipinski definition) is 0. The van der Waals surface area contributed by atoms with E-state index in [2.05, 4.69) is 4.98 Å². The van der Waals surface area contributed by atoms with Gasteiger partial charge in [-0.1, -0.05) is 0 Å². The molecule has 0 bridgehead atoms. The first kappa shape index (κ1) is 12.1. The second-order valence-corrected chi connectivity index (χ2v) is 5.89. The lowest BCUT2D eigenvalue weighted by Crippen LogP contribution is -2.00. The van der Waals surface area contributed by atoms with Crippen LogP contribution in [0.4, 0.5) is 8.78 Å². The summed E-state index contributed by atoms with van der Waals surface area (Å²) in [6, 6.07) is 0. The van der Waals surface area contributed by atoms with Gasteiger partial charge < -0.3 is 0 Å². The third-order valence-electron chi connectivity index (χ3n) is 1.37. The van der Waals surface area contributed by atoms with Crippen molar-refractivity contribution in [2.75, 3.05) is 0 Å². The van der Waals surface area contributed by atoms with Crippen molar-refractivity contribution in [2.45, 2.75) is 11.3 Å². The first-order valence-electron chi connectivity index (χ1n) is 3.20. The predicted octanol–water partition coefficient (Wildman–Crippen LogP) is 2.55. The summed E-state index contributed by atoms with van der Waals surface area (Å²) in [5, 5.41) is 0. The highest BCUT2D eigenvalue weighted by Gasteiger charge is 2.21. The highest BCUT2D eigenvalue weighted by atomic mass is 127. The summed E-state index contributed by atoms with van der Waals surface area (Å²) in [6.07, 6.45) is -0.915. The van der Waals surface area contributed by atoms with Crippen molar-refractivity contribution in [3.8, 4) is 0 Å². The van der Waals surface area contributed by atoms with E-state index in [1.54, 1.807) is 0 Å². The molecular weight excluding hydrogens is 350 g/mol. The fourth-order valence-electron chi connectivity index (χ4n) is 0.763. The molecule has 0 aliphatic heterocycles. The molecule has 0 N–H and O–H groups in total. The molecule has 0 aliphatic rings. The molecule has 0 atom stereocenters. The Hall–Kier alpha value is -0.0200. The van der Waals surface area contributed by atoms with Crippen molar-refractivity contribution < 1.29 is 17.2 Å². The zero-order chi connectivity index (χ0) is 10.9. The second-order valence-electron chi connectivity index (χ2n) is 2.28. The Labute approximate surface area is 97.0 Å². The van der Waals surface area contributed by atoms with E-state index in [9.17, 15) is 17.2 Å². The minimum atomic E-state index is -4.02. The Morgan fingerprint density at radius 3 is 2.43 bits per heavy atom. The molecule has 0 amide bonds. The van der Waals surface area contributed by atoms with Gasteiger partial charge in [-0.15, -0.1) is 0 Å². The van der Waals surface area contributed by atoms with Gasteiger partial charge in [0.15, 0.2) is 0 Å². The van der Waals surface area contributed by atoms with Crippen LogP contribution in [0, 0.1) is 3.57 Å². The van der Waals surface area contributed by atoms with Gasteiger partial charge in [0, 0.05) is 26.6 Å². The number of alkyl halides is 2. The molecule has 1 aromatic heterocycles. The molecular formula is C6H3ClF2INO2S. The highest BCUT2D eigenvalue weighted by molar-refractivity contribution is 14.1. The first-order chi connectivity index (χ1) is 6.34. The first-order valence-corrected chi connectivity index (χ1v) is 6.59. The van der Waals surface area contributed by atoms with Gasteiger partial charge in [-0.2, -0.15) is 0 Å². The molecule has 0 fully saturated rings. The maximum Gasteiger partial charge on any atom is 0.266 e. The number of halogens is 4. The molecule has 8 heteroatoms. The van der Waals surface area contributed by atoms with Gasteiger partial charge >= 0.3 is 0 Å². The van der Waals surface area contributed by atoms with E-state index >= 15 is 0 Å². The quantitative estimate of drug-likeness (QED) is 0.606. The molecule has 1 rings (SSSR count). The molecule has 78 valence electrons. The van der Waals surface area contributed by atoms with Crippen LogP contribution in [0.15, 0.2) is 17.3 Å². The zero-order valence-corrected chi connectivity index (χ0v) is 10.1. The SMILES string of the molecule is O=S(=O)(Cl)c1cncc(C(F)F)c1I. The van der Waals surface area contributed by atoms with Crippen LogP contribution in [0.2, 0.25) is 0 Å². The maximum atomic E-state index is 12.3. The van der Waals surface area contributed by atoms with Crippen molar-refractivity contribution in [2.24, 2.45) is 0 Å². The smallest absolute Gasteiger partial charge is 0.263 e. The fourth-order valence-corrected chi connectivity index (χ4v) is 3.41. The van der Waals surface area contributed by atoms with E-state index in [1.165, 1.54) is 22.6 Å². The van der Waals surface area contributed by atoms with E-state index in [0.29, 0.717) is 0 Å². The highest BCUT2D eigenvalue weighted by Crippen LogP contribution is 2.29. The zero-order valence-electron chi connectivity index (χ0n) is 6.42. The van der Waals surface area contributed by atoms with Crippen LogP contribution < -0.4 is 0 Å². The molecule has 0 saturated carbocycles. The largest absolute Gasteiger partial charge is 0.266 e. The van der Waals surface area contributed by atoms with E-state index in [4.69, 9.17) is 10.7 Å². The standard InChI is InChI=1S/C6H3ClF2INO2S/c7-14(12,13)4-2-11-1-3(5(4)10)6(8)9/h1-2,6H. The van der Waals surface area contributed by atoms with Crippen molar-refractivity contribution in [3.63, 3.8) is 0 Å². The summed E-state index contributed by atoms with van der Waals surface area (Å²) in [6.45, 7) is 0. The summed E-state index contributed by atoms with van der Waals surface area (Å²) in [5.74, 6) is 0. The van der Waals surface area contributed by atoms with Crippen LogP contribution in [0.25, 0.3) is 0 Å². The Kier molecular flexibility index (Phi) is 3.64. The molecule has 0 aliphatic carbocycles. The molecule has 1 aromatic rings. The van der Waals surface area contributed by atoms with Crippen LogP contribution in [-0.2, 0) is 9.05 Å². The van der Waals surface area contributed by atoms with Crippen LogP contribution in [0.5, 0.6) is 0 Å². The third-order valence-corrected chi connectivity index (χ3v) is 4.28. The van der Waals surface area contributed by atoms with E-state index in [1.807, 2.05) is 0 Å². The van der Waals surface area contributed by atoms with Gasteiger partial charge in [0.2, 0.25) is 0 Å². The lowest BCUT2D eigenvalue weighted by molar-refractivity contribution is 0.149. The average molecular weight is 354 g/mol. The summed E-state index contributed by atoms with van der Waals surface area (Å²) < 4.78 is 46.3. The number of hydrogen-bond acceptors (Lipinski definition) is 3. The molecule has 0 radical (unpaired) electrons. The third kappa shape index (κ3) is 2.51. The summed E-state index contributed by atoms with van der Waals surface area (Å²) in [4.78, 5) is 2.99. The lowest BCUT2D eigenvalue weighted by Gasteiger charge is -2.05. The molecule has 0 unspecified atom stereocenters. The normalized spacial score (nSPS) is 12.1. The minimum absolute atomic E-state index is 0.0948. The molecule has 1 heterocycles. The molecule has 0 saturated heterocycles. The van der Waals surface area contributed by atoms with Crippen LogP contribution in [0.1, 0.15) is 12.0 Å². The van der Waals surface area contributed by atoms with Crippen molar-refractivity contribution in [3.05, 3.63) is 21.5 Å². The van der Waals surface area contributed by atoms with Gasteiger partial charge in [-0.05, 0) is 22.6 Å². The Bertz CT molecular complexity index is 451. The van der Waals surface area contributed by atoms with Crippen molar-refractivity contribution in [1.82, 2.24) is 4.98 Å². The number of aromatic nitrogens is 1. The van der Waals surface area contributed by atoms with Crippen LogP contribution in [-0.4, -0.2) is 13.4 Å². The summed E-state index contributed by atoms with van der Waals surface area (Å²) in [5.41, 5.74) is -0.438. The Morgan fingerprint density at radius 1 is 1.43 bits per heavy atom. The molecule has 3 nitrogen and oxygen atoms in total. The van der Waals surface area contributed by atoms with Crippen molar-refractivity contribution in [1.29, 1.82) is 0 Å². The van der Waals surface area contributed by atoms with E-state index in [-0.39, 0.29) is 3.57 Å². The monoisotopic (exact) mass is 353 g/mol. The van der Waals surface area contributed by atoms with E-state index < -0.39 is 25.9 Å².